The zero-order chi connectivity index (χ0) is 18.2. The summed E-state index contributed by atoms with van der Waals surface area (Å²) in [6, 6.07) is 0. The lowest BCUT2D eigenvalue weighted by atomic mass is 9.99. The van der Waals surface area contributed by atoms with E-state index in [0.29, 0.717) is 43.9 Å². The van der Waals surface area contributed by atoms with Gasteiger partial charge in [-0.3, -0.25) is 0 Å². The van der Waals surface area contributed by atoms with Crippen LogP contribution in [0.2, 0.25) is 0 Å². The fourth-order valence-electron chi connectivity index (χ4n) is 3.18. The van der Waals surface area contributed by atoms with Gasteiger partial charge in [-0.2, -0.15) is 13.2 Å². The van der Waals surface area contributed by atoms with Crippen molar-refractivity contribution in [1.29, 1.82) is 0 Å². The Morgan fingerprint density at radius 1 is 1.32 bits per heavy atom. The van der Waals surface area contributed by atoms with E-state index in [1.807, 2.05) is 6.92 Å². The van der Waals surface area contributed by atoms with Crippen molar-refractivity contribution >= 4 is 5.82 Å². The summed E-state index contributed by atoms with van der Waals surface area (Å²) < 4.78 is 54.2. The van der Waals surface area contributed by atoms with Crippen molar-refractivity contribution in [2.75, 3.05) is 18.5 Å². The van der Waals surface area contributed by atoms with E-state index in [1.54, 1.807) is 16.5 Å². The lowest BCUT2D eigenvalue weighted by molar-refractivity contribution is -0.141. The molecule has 0 aromatic carbocycles. The molecule has 1 aliphatic heterocycles. The molecule has 0 saturated heterocycles. The maximum atomic E-state index is 14.3. The van der Waals surface area contributed by atoms with Crippen molar-refractivity contribution < 1.29 is 17.6 Å². The zero-order valence-corrected chi connectivity index (χ0v) is 14.0. The van der Waals surface area contributed by atoms with Crippen LogP contribution in [0.15, 0.2) is 12.5 Å². The first-order valence-electron chi connectivity index (χ1n) is 8.13. The van der Waals surface area contributed by atoms with Crippen LogP contribution in [-0.2, 0) is 25.6 Å². The Labute approximate surface area is 142 Å². The largest absolute Gasteiger partial charge is 0.434 e. The highest BCUT2D eigenvalue weighted by molar-refractivity contribution is 5.40. The average Bonchev–Trinajstić information content (AvgIpc) is 2.98. The number of fused-ring (bicyclic) bond motifs is 1. The molecule has 2 aromatic rings. The summed E-state index contributed by atoms with van der Waals surface area (Å²) in [5, 5.41) is 0. The van der Waals surface area contributed by atoms with E-state index in [0.717, 1.165) is 6.20 Å². The molecule has 25 heavy (non-hydrogen) atoms. The second-order valence-corrected chi connectivity index (χ2v) is 6.29. The highest BCUT2D eigenvalue weighted by Crippen LogP contribution is 2.31. The Morgan fingerprint density at radius 3 is 2.76 bits per heavy atom. The van der Waals surface area contributed by atoms with Crippen LogP contribution in [0, 0.1) is 11.7 Å². The third-order valence-electron chi connectivity index (χ3n) is 4.45. The summed E-state index contributed by atoms with van der Waals surface area (Å²) in [5.41, 5.74) is -0.502. The van der Waals surface area contributed by atoms with E-state index in [1.165, 1.54) is 6.33 Å². The van der Waals surface area contributed by atoms with E-state index in [2.05, 4.69) is 15.0 Å². The Hall–Kier alpha value is -2.19. The summed E-state index contributed by atoms with van der Waals surface area (Å²) in [4.78, 5) is 13.3. The molecule has 0 fully saturated rings. The molecule has 136 valence electrons. The molecule has 0 bridgehead atoms. The molecule has 0 radical (unpaired) electrons. The van der Waals surface area contributed by atoms with E-state index < -0.39 is 17.7 Å². The Bertz CT molecular complexity index is 755. The van der Waals surface area contributed by atoms with Gasteiger partial charge in [-0.05, 0) is 18.8 Å². The van der Waals surface area contributed by atoms with Gasteiger partial charge >= 0.3 is 6.18 Å². The van der Waals surface area contributed by atoms with Crippen molar-refractivity contribution in [3.8, 4) is 0 Å². The highest BCUT2D eigenvalue weighted by atomic mass is 19.4. The number of nitrogens with zero attached hydrogens (tertiary/aromatic N) is 5. The van der Waals surface area contributed by atoms with Crippen molar-refractivity contribution in [3.05, 3.63) is 35.6 Å². The van der Waals surface area contributed by atoms with Gasteiger partial charge in [0.05, 0.1) is 5.69 Å². The summed E-state index contributed by atoms with van der Waals surface area (Å²) in [6.45, 7) is 2.74. The fraction of sp³-hybridized carbons (Fsp3) is 0.562. The van der Waals surface area contributed by atoms with Crippen LogP contribution in [-0.4, -0.2) is 33.1 Å². The Morgan fingerprint density at radius 2 is 2.08 bits per heavy atom. The Kier molecular flexibility index (Phi) is 4.66. The van der Waals surface area contributed by atoms with Gasteiger partial charge in [0.1, 0.15) is 12.2 Å². The van der Waals surface area contributed by atoms with Crippen LogP contribution in [0.1, 0.15) is 30.6 Å². The number of aryl methyl sites for hydroxylation is 2. The summed E-state index contributed by atoms with van der Waals surface area (Å²) in [7, 11) is 1.73. The van der Waals surface area contributed by atoms with Crippen LogP contribution in [0.4, 0.5) is 23.4 Å². The fourth-order valence-corrected chi connectivity index (χ4v) is 3.18. The molecule has 0 spiro atoms. The summed E-state index contributed by atoms with van der Waals surface area (Å²) >= 11 is 0. The molecular weight excluding hydrogens is 338 g/mol. The summed E-state index contributed by atoms with van der Waals surface area (Å²) in [6.07, 6.45) is -0.401. The topological polar surface area (TPSA) is 46.8 Å². The van der Waals surface area contributed by atoms with Crippen LogP contribution >= 0.6 is 0 Å². The SMILES string of the molecule is CCc1ncnc(N(C)CC2CCc3nc(C(F)(F)F)cn3C2)c1F. The number of imidazole rings is 1. The molecule has 0 saturated carbocycles. The third-order valence-corrected chi connectivity index (χ3v) is 4.45. The predicted octanol–water partition coefficient (Wildman–Crippen LogP) is 3.09. The summed E-state index contributed by atoms with van der Waals surface area (Å²) in [5.74, 6) is 0.324. The van der Waals surface area contributed by atoms with Crippen LogP contribution in [0.3, 0.4) is 0 Å². The first-order valence-corrected chi connectivity index (χ1v) is 8.13. The number of rotatable bonds is 4. The lowest BCUT2D eigenvalue weighted by Gasteiger charge is -2.29. The Balaban J connectivity index is 1.72. The van der Waals surface area contributed by atoms with E-state index in [4.69, 9.17) is 0 Å². The predicted molar refractivity (Wildman–Crippen MR) is 83.7 cm³/mol. The number of hydrogen-bond acceptors (Lipinski definition) is 4. The molecule has 0 amide bonds. The first kappa shape index (κ1) is 17.6. The van der Waals surface area contributed by atoms with E-state index in [-0.39, 0.29) is 11.7 Å². The quantitative estimate of drug-likeness (QED) is 0.789. The molecule has 1 atom stereocenters. The maximum absolute atomic E-state index is 14.3. The highest BCUT2D eigenvalue weighted by Gasteiger charge is 2.36. The van der Waals surface area contributed by atoms with Crippen molar-refractivity contribution in [3.63, 3.8) is 0 Å². The zero-order valence-electron chi connectivity index (χ0n) is 14.0. The number of halogens is 4. The molecule has 9 heteroatoms. The molecular formula is C16H19F4N5. The van der Waals surface area contributed by atoms with Crippen molar-refractivity contribution in [1.82, 2.24) is 19.5 Å². The third kappa shape index (κ3) is 3.59. The standard InChI is InChI=1S/C16H19F4N5/c1-3-11-14(17)15(22-9-21-11)24(2)6-10-4-5-13-23-12(16(18,19)20)8-25(13)7-10/h8-10H,3-7H2,1-2H3. The number of aromatic nitrogens is 4. The minimum absolute atomic E-state index is 0.0900. The molecule has 3 rings (SSSR count). The van der Waals surface area contributed by atoms with Gasteiger partial charge in [-0.15, -0.1) is 0 Å². The smallest absolute Gasteiger partial charge is 0.357 e. The average molecular weight is 357 g/mol. The second kappa shape index (κ2) is 6.61. The van der Waals surface area contributed by atoms with Gasteiger partial charge < -0.3 is 9.47 Å². The second-order valence-electron chi connectivity index (χ2n) is 6.29. The molecule has 1 unspecified atom stereocenters. The van der Waals surface area contributed by atoms with Crippen LogP contribution in [0.5, 0.6) is 0 Å². The first-order chi connectivity index (χ1) is 11.8. The minimum atomic E-state index is -4.43. The lowest BCUT2D eigenvalue weighted by Crippen LogP contribution is -2.32. The maximum Gasteiger partial charge on any atom is 0.434 e. The number of hydrogen-bond donors (Lipinski definition) is 0. The molecule has 0 aliphatic carbocycles. The van der Waals surface area contributed by atoms with Gasteiger partial charge in [-0.25, -0.2) is 19.3 Å². The van der Waals surface area contributed by atoms with Gasteiger partial charge in [-0.1, -0.05) is 6.92 Å². The van der Waals surface area contributed by atoms with Crippen LogP contribution in [0.25, 0.3) is 0 Å². The van der Waals surface area contributed by atoms with Crippen LogP contribution < -0.4 is 4.90 Å². The van der Waals surface area contributed by atoms with Gasteiger partial charge in [0, 0.05) is 32.8 Å². The van der Waals surface area contributed by atoms with Crippen molar-refractivity contribution in [2.24, 2.45) is 5.92 Å². The van der Waals surface area contributed by atoms with Gasteiger partial charge in [0.25, 0.3) is 0 Å². The van der Waals surface area contributed by atoms with Gasteiger partial charge in [0.15, 0.2) is 17.3 Å². The van der Waals surface area contributed by atoms with E-state index in [9.17, 15) is 17.6 Å². The normalized spacial score (nSPS) is 17.4. The number of alkyl halides is 3. The monoisotopic (exact) mass is 357 g/mol. The van der Waals surface area contributed by atoms with Gasteiger partial charge in [0.2, 0.25) is 0 Å². The number of anilines is 1. The van der Waals surface area contributed by atoms with E-state index >= 15 is 0 Å². The molecule has 5 nitrogen and oxygen atoms in total. The molecule has 3 heterocycles. The molecule has 1 aliphatic rings. The minimum Gasteiger partial charge on any atom is -0.357 e. The molecule has 0 N–H and O–H groups in total. The molecule has 2 aromatic heterocycles. The van der Waals surface area contributed by atoms with Crippen molar-refractivity contribution in [2.45, 2.75) is 38.9 Å².